The minimum Gasteiger partial charge on any atom is -0.416 e. The second-order valence-electron chi connectivity index (χ2n) is 6.63. The summed E-state index contributed by atoms with van der Waals surface area (Å²) < 4.78 is 5.65. The van der Waals surface area contributed by atoms with Crippen LogP contribution < -0.4 is 5.32 Å². The molecule has 1 atom stereocenters. The minimum atomic E-state index is -0.725. The Labute approximate surface area is 157 Å². The van der Waals surface area contributed by atoms with Crippen molar-refractivity contribution in [2.75, 3.05) is 0 Å². The van der Waals surface area contributed by atoms with Gasteiger partial charge in [0.2, 0.25) is 11.8 Å². The molecule has 1 N–H and O–H groups in total. The summed E-state index contributed by atoms with van der Waals surface area (Å²) in [6.07, 6.45) is 5.06. The number of carbonyl (C=O) groups excluding carboxylic acids is 1. The van der Waals surface area contributed by atoms with Crippen molar-refractivity contribution in [2.45, 2.75) is 61.5 Å². The van der Waals surface area contributed by atoms with E-state index in [-0.39, 0.29) is 5.91 Å². The number of rotatable bonds is 6. The molecule has 1 amide bonds. The highest BCUT2D eigenvalue weighted by Crippen LogP contribution is 2.29. The molecule has 1 saturated carbocycles. The quantitative estimate of drug-likeness (QED) is 0.783. The molecule has 1 heterocycles. The molecule has 1 aliphatic rings. The molecule has 136 valence electrons. The number of carbonyl (C=O) groups is 1. The van der Waals surface area contributed by atoms with Crippen LogP contribution in [0.2, 0.25) is 0 Å². The van der Waals surface area contributed by atoms with Gasteiger partial charge in [-0.05, 0) is 25.3 Å². The third kappa shape index (κ3) is 4.64. The predicted molar refractivity (Wildman–Crippen MR) is 98.4 cm³/mol. The molecule has 0 spiro atoms. The monoisotopic (exact) mass is 370 g/mol. The van der Waals surface area contributed by atoms with Crippen LogP contribution in [-0.4, -0.2) is 26.9 Å². The Morgan fingerprint density at radius 1 is 1.31 bits per heavy atom. The van der Waals surface area contributed by atoms with Crippen molar-refractivity contribution < 1.29 is 9.21 Å². The molecule has 2 aromatic rings. The first-order valence-corrected chi connectivity index (χ1v) is 9.74. The maximum Gasteiger partial charge on any atom is 0.277 e. The predicted octanol–water partition coefficient (Wildman–Crippen LogP) is 3.48. The zero-order valence-electron chi connectivity index (χ0n) is 14.8. The Morgan fingerprint density at radius 3 is 2.73 bits per heavy atom. The van der Waals surface area contributed by atoms with Crippen molar-refractivity contribution in [3.8, 4) is 6.07 Å². The lowest BCUT2D eigenvalue weighted by molar-refractivity contribution is -0.122. The third-order valence-electron chi connectivity index (χ3n) is 4.58. The van der Waals surface area contributed by atoms with E-state index in [1.54, 1.807) is 6.92 Å². The SMILES string of the molecule is C[C@H](Sc1nnc(Cc2ccccc2)o1)C(=O)NC1(C#N)CCCCC1. The summed E-state index contributed by atoms with van der Waals surface area (Å²) >= 11 is 1.22. The van der Waals surface area contributed by atoms with Crippen molar-refractivity contribution in [1.29, 1.82) is 5.26 Å². The van der Waals surface area contributed by atoms with Crippen molar-refractivity contribution in [1.82, 2.24) is 15.5 Å². The number of aromatic nitrogens is 2. The van der Waals surface area contributed by atoms with Crippen LogP contribution in [0.1, 0.15) is 50.5 Å². The van der Waals surface area contributed by atoms with Crippen LogP contribution in [-0.2, 0) is 11.2 Å². The lowest BCUT2D eigenvalue weighted by Crippen LogP contribution is -2.50. The Balaban J connectivity index is 1.57. The number of thioether (sulfide) groups is 1. The Bertz CT molecular complexity index is 778. The maximum absolute atomic E-state index is 12.5. The molecule has 1 fully saturated rings. The Hall–Kier alpha value is -2.33. The van der Waals surface area contributed by atoms with E-state index in [2.05, 4.69) is 21.6 Å². The Morgan fingerprint density at radius 2 is 2.04 bits per heavy atom. The van der Waals surface area contributed by atoms with E-state index >= 15 is 0 Å². The molecule has 26 heavy (non-hydrogen) atoms. The normalized spacial score (nSPS) is 17.2. The van der Waals surface area contributed by atoms with Crippen LogP contribution in [0, 0.1) is 11.3 Å². The molecule has 1 aliphatic carbocycles. The summed E-state index contributed by atoms with van der Waals surface area (Å²) in [5.41, 5.74) is 0.365. The second kappa shape index (κ2) is 8.37. The van der Waals surface area contributed by atoms with E-state index in [1.807, 2.05) is 30.3 Å². The number of hydrogen-bond donors (Lipinski definition) is 1. The number of nitrogens with one attached hydrogen (secondary N) is 1. The zero-order chi connectivity index (χ0) is 18.4. The van der Waals surface area contributed by atoms with Gasteiger partial charge in [-0.15, -0.1) is 10.2 Å². The fourth-order valence-electron chi connectivity index (χ4n) is 3.09. The summed E-state index contributed by atoms with van der Waals surface area (Å²) in [7, 11) is 0. The van der Waals surface area contributed by atoms with Gasteiger partial charge in [-0.2, -0.15) is 5.26 Å². The number of nitriles is 1. The van der Waals surface area contributed by atoms with Crippen LogP contribution in [0.4, 0.5) is 0 Å². The second-order valence-corrected chi connectivity index (χ2v) is 7.92. The molecule has 0 radical (unpaired) electrons. The van der Waals surface area contributed by atoms with Gasteiger partial charge in [0.1, 0.15) is 5.54 Å². The van der Waals surface area contributed by atoms with Gasteiger partial charge >= 0.3 is 0 Å². The topological polar surface area (TPSA) is 91.8 Å². The summed E-state index contributed by atoms with van der Waals surface area (Å²) in [6.45, 7) is 1.79. The summed E-state index contributed by atoms with van der Waals surface area (Å²) in [5.74, 6) is 0.355. The first kappa shape index (κ1) is 18.5. The van der Waals surface area contributed by atoms with E-state index in [1.165, 1.54) is 11.8 Å². The number of hydrogen-bond acceptors (Lipinski definition) is 6. The van der Waals surface area contributed by atoms with Gasteiger partial charge in [0.25, 0.3) is 5.22 Å². The van der Waals surface area contributed by atoms with Gasteiger partial charge in [-0.3, -0.25) is 4.79 Å². The first-order chi connectivity index (χ1) is 12.6. The Kier molecular flexibility index (Phi) is 5.94. The van der Waals surface area contributed by atoms with Gasteiger partial charge in [-0.1, -0.05) is 61.4 Å². The lowest BCUT2D eigenvalue weighted by atomic mass is 9.83. The summed E-state index contributed by atoms with van der Waals surface area (Å²) in [4.78, 5) is 12.5. The molecule has 0 bridgehead atoms. The van der Waals surface area contributed by atoms with Crippen molar-refractivity contribution in [3.05, 3.63) is 41.8 Å². The largest absolute Gasteiger partial charge is 0.416 e. The maximum atomic E-state index is 12.5. The fraction of sp³-hybridized carbons (Fsp3) is 0.474. The van der Waals surface area contributed by atoms with E-state index in [4.69, 9.17) is 4.42 Å². The first-order valence-electron chi connectivity index (χ1n) is 8.86. The van der Waals surface area contributed by atoms with Crippen LogP contribution in [0.5, 0.6) is 0 Å². The van der Waals surface area contributed by atoms with Crippen LogP contribution in [0.15, 0.2) is 40.0 Å². The molecule has 1 aromatic heterocycles. The average Bonchev–Trinajstić information content (AvgIpc) is 3.10. The van der Waals surface area contributed by atoms with Crippen LogP contribution >= 0.6 is 11.8 Å². The molecule has 3 rings (SSSR count). The summed E-state index contributed by atoms with van der Waals surface area (Å²) in [5, 5.41) is 20.5. The molecule has 1 aromatic carbocycles. The van der Waals surface area contributed by atoms with E-state index < -0.39 is 10.8 Å². The van der Waals surface area contributed by atoms with Crippen molar-refractivity contribution >= 4 is 17.7 Å². The van der Waals surface area contributed by atoms with Crippen LogP contribution in [0.3, 0.4) is 0 Å². The van der Waals surface area contributed by atoms with Gasteiger partial charge in [0, 0.05) is 0 Å². The standard InChI is InChI=1S/C19H22N4O2S/c1-14(17(24)21-19(13-20)10-6-3-7-11-19)26-18-23-22-16(25-18)12-15-8-4-2-5-9-15/h2,4-5,8-9,14H,3,6-7,10-12H2,1H3,(H,21,24)/t14-/m0/s1. The van der Waals surface area contributed by atoms with E-state index in [0.29, 0.717) is 30.4 Å². The molecular weight excluding hydrogens is 348 g/mol. The third-order valence-corrected chi connectivity index (χ3v) is 5.51. The smallest absolute Gasteiger partial charge is 0.277 e. The van der Waals surface area contributed by atoms with Crippen molar-refractivity contribution in [3.63, 3.8) is 0 Å². The minimum absolute atomic E-state index is 0.166. The van der Waals surface area contributed by atoms with Gasteiger partial charge < -0.3 is 9.73 Å². The number of nitrogens with zero attached hydrogens (tertiary/aromatic N) is 3. The molecular formula is C19H22N4O2S. The molecule has 7 heteroatoms. The number of amides is 1. The highest BCUT2D eigenvalue weighted by atomic mass is 32.2. The molecule has 0 aliphatic heterocycles. The average molecular weight is 370 g/mol. The van der Waals surface area contributed by atoms with E-state index in [0.717, 1.165) is 24.8 Å². The fourth-order valence-corrected chi connectivity index (χ4v) is 3.79. The molecule has 0 unspecified atom stereocenters. The van der Waals surface area contributed by atoms with Gasteiger partial charge in [-0.25, -0.2) is 0 Å². The lowest BCUT2D eigenvalue weighted by Gasteiger charge is -2.32. The van der Waals surface area contributed by atoms with Gasteiger partial charge in [0.15, 0.2) is 0 Å². The van der Waals surface area contributed by atoms with Gasteiger partial charge in [0.05, 0.1) is 17.7 Å². The molecule has 0 saturated heterocycles. The van der Waals surface area contributed by atoms with Crippen LogP contribution in [0.25, 0.3) is 0 Å². The van der Waals surface area contributed by atoms with E-state index in [9.17, 15) is 10.1 Å². The number of benzene rings is 1. The highest BCUT2D eigenvalue weighted by Gasteiger charge is 2.35. The zero-order valence-corrected chi connectivity index (χ0v) is 15.6. The summed E-state index contributed by atoms with van der Waals surface area (Å²) in [6, 6.07) is 12.2. The van der Waals surface area contributed by atoms with Crippen molar-refractivity contribution in [2.24, 2.45) is 0 Å². The molecule has 6 nitrogen and oxygen atoms in total. The highest BCUT2D eigenvalue weighted by molar-refractivity contribution is 8.00.